The summed E-state index contributed by atoms with van der Waals surface area (Å²) in [6, 6.07) is 14.1. The molecule has 1 aromatic carbocycles. The topological polar surface area (TPSA) is 104 Å². The number of nitrogens with two attached hydrogens (primary N) is 1. The zero-order valence-electron chi connectivity index (χ0n) is 21.6. The first-order valence-corrected chi connectivity index (χ1v) is 13.3. The Hall–Kier alpha value is -3.87. The van der Waals surface area contributed by atoms with Crippen LogP contribution in [-0.2, 0) is 4.74 Å². The average Bonchev–Trinajstić information content (AvgIpc) is 3.50. The van der Waals surface area contributed by atoms with Crippen LogP contribution in [0.4, 0.5) is 17.2 Å². The number of aromatic nitrogens is 3. The van der Waals surface area contributed by atoms with Crippen molar-refractivity contribution in [3.63, 3.8) is 0 Å². The summed E-state index contributed by atoms with van der Waals surface area (Å²) in [7, 11) is 0. The van der Waals surface area contributed by atoms with Gasteiger partial charge in [-0.15, -0.1) is 10.2 Å². The highest BCUT2D eigenvalue weighted by atomic mass is 16.5. The van der Waals surface area contributed by atoms with Crippen molar-refractivity contribution >= 4 is 17.2 Å². The second kappa shape index (κ2) is 10.5. The summed E-state index contributed by atoms with van der Waals surface area (Å²) >= 11 is 0. The highest BCUT2D eigenvalue weighted by Crippen LogP contribution is 2.32. The number of para-hydroxylation sites is 1. The van der Waals surface area contributed by atoms with Crippen molar-refractivity contribution in [1.82, 2.24) is 20.1 Å². The molecule has 0 saturated carbocycles. The normalized spacial score (nSPS) is 23.2. The first-order chi connectivity index (χ1) is 18.5. The smallest absolute Gasteiger partial charge is 0.169 e. The number of likely N-dealkylation sites (tertiary alicyclic amines) is 1. The van der Waals surface area contributed by atoms with E-state index >= 15 is 0 Å². The van der Waals surface area contributed by atoms with Gasteiger partial charge in [0.05, 0.1) is 30.6 Å². The summed E-state index contributed by atoms with van der Waals surface area (Å²) in [4.78, 5) is 11.6. The van der Waals surface area contributed by atoms with E-state index in [2.05, 4.69) is 60.8 Å². The molecule has 2 bridgehead atoms. The van der Waals surface area contributed by atoms with E-state index in [1.54, 1.807) is 12.1 Å². The lowest BCUT2D eigenvalue weighted by atomic mass is 10.1. The summed E-state index contributed by atoms with van der Waals surface area (Å²) in [6.45, 7) is 7.28. The monoisotopic (exact) mass is 511 g/mol. The number of phenols is 1. The molecule has 3 fully saturated rings. The lowest BCUT2D eigenvalue weighted by Gasteiger charge is -2.29. The van der Waals surface area contributed by atoms with Gasteiger partial charge in [-0.3, -0.25) is 4.90 Å². The number of phenolic OH excluding ortho intramolecular Hbond substituents is 1. The number of anilines is 3. The lowest BCUT2D eigenvalue weighted by molar-refractivity contribution is 0.0363. The third-order valence-electron chi connectivity index (χ3n) is 7.87. The number of hydrogen-bond acceptors (Lipinski definition) is 9. The zero-order valence-corrected chi connectivity index (χ0v) is 21.6. The number of benzene rings is 1. The van der Waals surface area contributed by atoms with Crippen LogP contribution in [0.1, 0.15) is 25.5 Å². The van der Waals surface area contributed by atoms with Crippen molar-refractivity contribution in [2.24, 2.45) is 0 Å². The van der Waals surface area contributed by atoms with Crippen LogP contribution in [-0.4, -0.2) is 82.7 Å². The predicted molar refractivity (Wildman–Crippen MR) is 148 cm³/mol. The molecule has 3 atom stereocenters. The second-order valence-electron chi connectivity index (χ2n) is 10.3. The number of pyridine rings is 1. The summed E-state index contributed by atoms with van der Waals surface area (Å²) < 4.78 is 5.69. The van der Waals surface area contributed by atoms with Gasteiger partial charge in [0.15, 0.2) is 5.82 Å². The average molecular weight is 512 g/mol. The fourth-order valence-electron chi connectivity index (χ4n) is 5.72. The van der Waals surface area contributed by atoms with Gasteiger partial charge in [0.1, 0.15) is 11.4 Å². The molecule has 3 saturated heterocycles. The molecule has 38 heavy (non-hydrogen) atoms. The molecule has 3 aliphatic rings. The van der Waals surface area contributed by atoms with Gasteiger partial charge in [0, 0.05) is 55.7 Å². The zero-order chi connectivity index (χ0) is 26.1. The van der Waals surface area contributed by atoms with Gasteiger partial charge in [0.2, 0.25) is 0 Å². The minimum absolute atomic E-state index is 0.173. The minimum atomic E-state index is 0.173. The molecule has 0 aliphatic carbocycles. The Kier molecular flexibility index (Phi) is 6.75. The summed E-state index contributed by atoms with van der Waals surface area (Å²) in [5.41, 5.74) is 10.3. The highest BCUT2D eigenvalue weighted by Gasteiger charge is 2.38. The van der Waals surface area contributed by atoms with Crippen LogP contribution in [0, 0.1) is 11.8 Å². The molecule has 0 spiro atoms. The van der Waals surface area contributed by atoms with E-state index in [0.29, 0.717) is 35.3 Å². The molecule has 0 unspecified atom stereocenters. The van der Waals surface area contributed by atoms with Crippen molar-refractivity contribution in [2.75, 3.05) is 54.9 Å². The quantitative estimate of drug-likeness (QED) is 0.512. The van der Waals surface area contributed by atoms with Gasteiger partial charge in [-0.1, -0.05) is 18.1 Å². The van der Waals surface area contributed by atoms with Crippen LogP contribution in [0.15, 0.2) is 48.7 Å². The first-order valence-electron chi connectivity index (χ1n) is 13.3. The van der Waals surface area contributed by atoms with Gasteiger partial charge in [-0.2, -0.15) is 0 Å². The van der Waals surface area contributed by atoms with Crippen LogP contribution in [0.25, 0.3) is 11.3 Å². The van der Waals surface area contributed by atoms with Crippen LogP contribution >= 0.6 is 0 Å². The number of nitrogens with zero attached hydrogens (tertiary/aromatic N) is 6. The van der Waals surface area contributed by atoms with Gasteiger partial charge in [0.25, 0.3) is 0 Å². The molecule has 0 radical (unpaired) electrons. The molecule has 3 aromatic rings. The van der Waals surface area contributed by atoms with Gasteiger partial charge in [-0.05, 0) is 56.0 Å². The fourth-order valence-corrected chi connectivity index (χ4v) is 5.72. The van der Waals surface area contributed by atoms with E-state index in [4.69, 9.17) is 10.5 Å². The van der Waals surface area contributed by atoms with Crippen molar-refractivity contribution in [3.05, 3.63) is 54.4 Å². The van der Waals surface area contributed by atoms with Gasteiger partial charge < -0.3 is 25.4 Å². The number of nitrogen functional groups attached to an aromatic ring is 1. The molecule has 6 rings (SSSR count). The first kappa shape index (κ1) is 24.5. The third-order valence-corrected chi connectivity index (χ3v) is 7.87. The summed E-state index contributed by atoms with van der Waals surface area (Å²) in [6.07, 6.45) is 4.33. The van der Waals surface area contributed by atoms with E-state index in [-0.39, 0.29) is 5.75 Å². The van der Waals surface area contributed by atoms with Gasteiger partial charge in [-0.25, -0.2) is 4.98 Å². The Morgan fingerprint density at radius 2 is 2.03 bits per heavy atom. The van der Waals surface area contributed by atoms with Crippen LogP contribution < -0.4 is 15.5 Å². The third kappa shape index (κ3) is 4.97. The van der Waals surface area contributed by atoms with E-state index in [0.717, 1.165) is 69.2 Å². The van der Waals surface area contributed by atoms with E-state index in [1.807, 2.05) is 24.4 Å². The lowest BCUT2D eigenvalue weighted by Crippen LogP contribution is -2.37. The Labute approximate surface area is 223 Å². The molecule has 3 N–H and O–H groups in total. The molecule has 9 heteroatoms. The predicted octanol–water partition coefficient (Wildman–Crippen LogP) is 2.76. The van der Waals surface area contributed by atoms with Crippen molar-refractivity contribution < 1.29 is 9.84 Å². The minimum Gasteiger partial charge on any atom is -0.507 e. The SMILES string of the molecule is C[C@H]1CCN(c2cc(-c3ccccc3O)nnc2N)CCN1c1ccnc(C#CCN2C[C@@H]3C[C@H]2CO3)c1. The molecular weight excluding hydrogens is 478 g/mol. The maximum Gasteiger partial charge on any atom is 0.169 e. The Morgan fingerprint density at radius 3 is 2.84 bits per heavy atom. The molecule has 3 aliphatic heterocycles. The van der Waals surface area contributed by atoms with Crippen molar-refractivity contribution in [1.29, 1.82) is 0 Å². The largest absolute Gasteiger partial charge is 0.507 e. The number of aromatic hydroxyl groups is 1. The summed E-state index contributed by atoms with van der Waals surface area (Å²) in [5, 5.41) is 18.7. The number of ether oxygens (including phenoxy) is 1. The van der Waals surface area contributed by atoms with Crippen LogP contribution in [0.3, 0.4) is 0 Å². The Morgan fingerprint density at radius 1 is 1.13 bits per heavy atom. The van der Waals surface area contributed by atoms with Crippen molar-refractivity contribution in [2.45, 2.75) is 38.0 Å². The van der Waals surface area contributed by atoms with E-state index in [1.165, 1.54) is 0 Å². The maximum absolute atomic E-state index is 10.3. The van der Waals surface area contributed by atoms with Gasteiger partial charge >= 0.3 is 0 Å². The Bertz CT molecular complexity index is 1370. The van der Waals surface area contributed by atoms with Crippen LogP contribution in [0.2, 0.25) is 0 Å². The number of hydrogen-bond donors (Lipinski definition) is 2. The Balaban J connectivity index is 1.16. The number of fused-ring (bicyclic) bond motifs is 2. The molecule has 0 amide bonds. The maximum atomic E-state index is 10.3. The fraction of sp³-hybridized carbons (Fsp3) is 0.414. The molecule has 5 heterocycles. The molecule has 2 aromatic heterocycles. The van der Waals surface area contributed by atoms with Crippen LogP contribution in [0.5, 0.6) is 5.75 Å². The standard InChI is InChI=1S/C29H33N7O2/c1-20-9-12-34(27-17-26(32-33-29(27)30)25-6-2-3-7-28(25)37)13-14-36(20)22-8-10-31-21(15-22)5-4-11-35-18-24-16-23(35)19-38-24/h2-3,6-8,10,15,17,20,23-24,37H,9,11-14,16,18-19H2,1H3,(H2,30,33)/t20-,23-,24-/m0/s1. The molecule has 196 valence electrons. The van der Waals surface area contributed by atoms with E-state index < -0.39 is 0 Å². The van der Waals surface area contributed by atoms with E-state index in [9.17, 15) is 5.11 Å². The number of rotatable bonds is 4. The summed E-state index contributed by atoms with van der Waals surface area (Å²) in [5.74, 6) is 7.17. The van der Waals surface area contributed by atoms with Crippen molar-refractivity contribution in [3.8, 4) is 28.8 Å². The highest BCUT2D eigenvalue weighted by molar-refractivity contribution is 5.74. The number of morpholine rings is 1. The molecule has 9 nitrogen and oxygen atoms in total. The molecular formula is C29H33N7O2. The second-order valence-corrected chi connectivity index (χ2v) is 10.3.